The van der Waals surface area contributed by atoms with E-state index in [1.54, 1.807) is 78.9 Å². The largest absolute Gasteiger partial charge is 0.499 e. The van der Waals surface area contributed by atoms with Crippen molar-refractivity contribution in [2.75, 3.05) is 26.4 Å². The van der Waals surface area contributed by atoms with Gasteiger partial charge in [0.2, 0.25) is 0 Å². The van der Waals surface area contributed by atoms with Gasteiger partial charge in [-0.3, -0.25) is 13.6 Å². The molecular weight excluding hydrogens is 550 g/mol. The van der Waals surface area contributed by atoms with Crippen LogP contribution in [-0.2, 0) is 23.1 Å². The second-order valence-corrected chi connectivity index (χ2v) is 10.6. The molecule has 3 rings (SSSR count). The third-order valence-electron chi connectivity index (χ3n) is 4.95. The first-order chi connectivity index (χ1) is 18.4. The van der Waals surface area contributed by atoms with E-state index in [0.29, 0.717) is 26.8 Å². The number of halogens is 2. The van der Waals surface area contributed by atoms with Crippen molar-refractivity contribution in [2.24, 2.45) is 0 Å². The van der Waals surface area contributed by atoms with Gasteiger partial charge in [0.1, 0.15) is 50.1 Å². The lowest BCUT2D eigenvalue weighted by Gasteiger charge is -2.28. The fraction of sp³-hybridized carbons (Fsp3) is 0.214. The van der Waals surface area contributed by atoms with Gasteiger partial charge in [0.25, 0.3) is 0 Å². The van der Waals surface area contributed by atoms with Crippen molar-refractivity contribution < 1.29 is 32.6 Å². The van der Waals surface area contributed by atoms with Gasteiger partial charge in [0.15, 0.2) is 0 Å². The molecule has 0 aliphatic rings. The normalized spacial score (nSPS) is 13.9. The smallest absolute Gasteiger partial charge is 0.362 e. The van der Waals surface area contributed by atoms with Crippen molar-refractivity contribution in [3.05, 3.63) is 115 Å². The molecule has 2 atom stereocenters. The predicted octanol–water partition coefficient (Wildman–Crippen LogP) is 7.06. The van der Waals surface area contributed by atoms with Crippen LogP contribution >= 0.6 is 30.8 Å². The fourth-order valence-corrected chi connectivity index (χ4v) is 5.27. The topological polar surface area (TPSA) is 72.5 Å². The Bertz CT molecular complexity index is 1100. The van der Waals surface area contributed by atoms with E-state index >= 15 is 0 Å². The first-order valence-corrected chi connectivity index (χ1v) is 14.0. The van der Waals surface area contributed by atoms with Gasteiger partial charge in [-0.05, 0) is 60.7 Å². The van der Waals surface area contributed by atoms with Crippen LogP contribution in [0.4, 0.5) is 0 Å². The van der Waals surface area contributed by atoms with E-state index in [4.69, 9.17) is 51.2 Å². The average molecular weight is 579 g/mol. The summed E-state index contributed by atoms with van der Waals surface area (Å²) in [6, 6.07) is 22.3. The van der Waals surface area contributed by atoms with Gasteiger partial charge in [-0.2, -0.15) is 0 Å². The first-order valence-electron chi connectivity index (χ1n) is 11.7. The van der Waals surface area contributed by atoms with Gasteiger partial charge >= 0.3 is 7.60 Å². The fourth-order valence-electron chi connectivity index (χ4n) is 3.16. The van der Waals surface area contributed by atoms with Gasteiger partial charge in [-0.15, -0.1) is 0 Å². The summed E-state index contributed by atoms with van der Waals surface area (Å²) < 4.78 is 48.9. The minimum Gasteiger partial charge on any atom is -0.499 e. The maximum Gasteiger partial charge on any atom is 0.362 e. The molecule has 0 bridgehead atoms. The lowest BCUT2D eigenvalue weighted by Crippen LogP contribution is -2.32. The Morgan fingerprint density at radius 2 is 1.08 bits per heavy atom. The third-order valence-corrected chi connectivity index (χ3v) is 7.53. The van der Waals surface area contributed by atoms with Crippen molar-refractivity contribution in [1.29, 1.82) is 0 Å². The summed E-state index contributed by atoms with van der Waals surface area (Å²) in [5.41, 5.74) is 0. The Balaban J connectivity index is 1.80. The molecule has 0 aliphatic heterocycles. The molecule has 2 unspecified atom stereocenters. The van der Waals surface area contributed by atoms with Crippen LogP contribution < -0.4 is 14.8 Å². The van der Waals surface area contributed by atoms with Crippen LogP contribution in [0.2, 0.25) is 10.0 Å². The lowest BCUT2D eigenvalue weighted by molar-refractivity contribution is 0.0205. The van der Waals surface area contributed by atoms with Crippen LogP contribution in [0.5, 0.6) is 11.5 Å². The van der Waals surface area contributed by atoms with E-state index < -0.39 is 19.8 Å². The maximum atomic E-state index is 14.3. The molecule has 0 spiro atoms. The zero-order valence-electron chi connectivity index (χ0n) is 20.6. The summed E-state index contributed by atoms with van der Waals surface area (Å²) in [6.45, 7) is 7.22. The average Bonchev–Trinajstić information content (AvgIpc) is 2.94. The summed E-state index contributed by atoms with van der Waals surface area (Å²) in [6.07, 6.45) is 0.974. The van der Waals surface area contributed by atoms with E-state index in [1.807, 2.05) is 0 Å². The molecule has 7 nitrogen and oxygen atoms in total. The van der Waals surface area contributed by atoms with Crippen molar-refractivity contribution in [1.82, 2.24) is 0 Å². The Morgan fingerprint density at radius 3 is 1.47 bits per heavy atom. The van der Waals surface area contributed by atoms with Crippen molar-refractivity contribution >= 4 is 36.1 Å². The van der Waals surface area contributed by atoms with E-state index in [1.165, 1.54) is 12.5 Å². The summed E-state index contributed by atoms with van der Waals surface area (Å²) in [7, 11) is -3.95. The maximum absolute atomic E-state index is 14.3. The SMILES string of the molecule is C=COCC(COc1ccc(Cl)cc1)OP(=O)(OC(COC=C)COc1ccc(Cl)cc1)c1ccccc1. The highest BCUT2D eigenvalue weighted by Gasteiger charge is 2.35. The molecule has 0 aliphatic carbocycles. The minimum absolute atomic E-state index is 0.0186. The molecule has 3 aromatic carbocycles. The van der Waals surface area contributed by atoms with Crippen LogP contribution in [-0.4, -0.2) is 38.6 Å². The molecule has 0 N–H and O–H groups in total. The summed E-state index contributed by atoms with van der Waals surface area (Å²) in [5, 5.41) is 1.51. The molecule has 38 heavy (non-hydrogen) atoms. The van der Waals surface area contributed by atoms with Crippen LogP contribution in [0.1, 0.15) is 0 Å². The molecule has 0 saturated heterocycles. The summed E-state index contributed by atoms with van der Waals surface area (Å²) >= 11 is 11.9. The highest BCUT2D eigenvalue weighted by molar-refractivity contribution is 7.62. The van der Waals surface area contributed by atoms with Crippen molar-refractivity contribution in [3.63, 3.8) is 0 Å². The second kappa shape index (κ2) is 15.5. The van der Waals surface area contributed by atoms with E-state index in [0.717, 1.165) is 0 Å². The quantitative estimate of drug-likeness (QED) is 0.125. The van der Waals surface area contributed by atoms with Gasteiger partial charge in [0.05, 0.1) is 17.8 Å². The van der Waals surface area contributed by atoms with Crippen LogP contribution in [0.25, 0.3) is 0 Å². The highest BCUT2D eigenvalue weighted by Crippen LogP contribution is 2.49. The Labute approximate surface area is 233 Å². The number of hydrogen-bond acceptors (Lipinski definition) is 7. The summed E-state index contributed by atoms with van der Waals surface area (Å²) in [5.74, 6) is 1.12. The molecule has 0 fully saturated rings. The van der Waals surface area contributed by atoms with E-state index in [9.17, 15) is 4.57 Å². The highest BCUT2D eigenvalue weighted by atomic mass is 35.5. The van der Waals surface area contributed by atoms with Crippen molar-refractivity contribution in [2.45, 2.75) is 12.2 Å². The molecule has 0 amide bonds. The third kappa shape index (κ3) is 9.75. The molecule has 0 heterocycles. The number of rotatable bonds is 17. The Kier molecular flexibility index (Phi) is 12.1. The zero-order valence-corrected chi connectivity index (χ0v) is 23.0. The first kappa shape index (κ1) is 29.6. The molecule has 10 heteroatoms. The minimum atomic E-state index is -3.95. The zero-order chi connectivity index (χ0) is 27.2. The van der Waals surface area contributed by atoms with Gasteiger partial charge < -0.3 is 18.9 Å². The predicted molar refractivity (Wildman–Crippen MR) is 150 cm³/mol. The Morgan fingerprint density at radius 1 is 0.658 bits per heavy atom. The summed E-state index contributed by atoms with van der Waals surface area (Å²) in [4.78, 5) is 0. The molecule has 0 aromatic heterocycles. The standard InChI is InChI=1S/C28H29Cl2O7P/c1-3-32-18-26(20-34-24-14-10-22(29)11-15-24)36-38(31,28-8-6-5-7-9-28)37-27(19-33-4-2)21-35-25-16-12-23(30)13-17-25/h3-17,26-27H,1-2,18-21H2. The number of hydrogen-bond donors (Lipinski definition) is 0. The van der Waals surface area contributed by atoms with E-state index in [2.05, 4.69) is 13.2 Å². The second-order valence-electron chi connectivity index (χ2n) is 7.82. The lowest BCUT2D eigenvalue weighted by atomic mass is 10.3. The van der Waals surface area contributed by atoms with Crippen molar-refractivity contribution in [3.8, 4) is 11.5 Å². The van der Waals surface area contributed by atoms with Crippen LogP contribution in [0.15, 0.2) is 105 Å². The van der Waals surface area contributed by atoms with Gasteiger partial charge in [-0.25, -0.2) is 0 Å². The number of benzene rings is 3. The molecule has 3 aromatic rings. The van der Waals surface area contributed by atoms with Crippen LogP contribution in [0, 0.1) is 0 Å². The molecule has 0 radical (unpaired) electrons. The molecule has 202 valence electrons. The van der Waals surface area contributed by atoms with Crippen LogP contribution in [0.3, 0.4) is 0 Å². The van der Waals surface area contributed by atoms with E-state index in [-0.39, 0.29) is 26.4 Å². The molecular formula is C28H29Cl2O7P. The number of ether oxygens (including phenoxy) is 4. The molecule has 0 saturated carbocycles. The van der Waals surface area contributed by atoms with Gasteiger partial charge in [-0.1, -0.05) is 54.6 Å². The Hall–Kier alpha value is -2.93. The van der Waals surface area contributed by atoms with Gasteiger partial charge in [0, 0.05) is 10.0 Å². The monoisotopic (exact) mass is 578 g/mol.